The van der Waals surface area contributed by atoms with Crippen molar-refractivity contribution in [2.75, 3.05) is 13.1 Å². The number of alkyl halides is 3. The zero-order valence-corrected chi connectivity index (χ0v) is 11.3. The van der Waals surface area contributed by atoms with Crippen molar-refractivity contribution in [1.29, 1.82) is 0 Å². The molecular weight excluding hydrogens is 272 g/mol. The van der Waals surface area contributed by atoms with Gasteiger partial charge in [-0.3, -0.25) is 4.90 Å². The third-order valence-electron chi connectivity index (χ3n) is 3.69. The van der Waals surface area contributed by atoms with Gasteiger partial charge in [-0.05, 0) is 37.1 Å². The van der Waals surface area contributed by atoms with E-state index in [2.05, 4.69) is 4.90 Å². The van der Waals surface area contributed by atoms with Crippen LogP contribution >= 0.6 is 0 Å². The molecule has 1 unspecified atom stereocenters. The summed E-state index contributed by atoms with van der Waals surface area (Å²) in [6.07, 6.45) is -2.61. The number of rotatable bonds is 5. The quantitative estimate of drug-likeness (QED) is 0.843. The second kappa shape index (κ2) is 5.69. The molecule has 0 bridgehead atoms. The molecule has 112 valence electrons. The SMILES string of the molecule is CCN(C1CC1)C(CN)c1ccc(F)c(C(F)(F)F)c1. The van der Waals surface area contributed by atoms with Crippen LogP contribution in [0.2, 0.25) is 0 Å². The third kappa shape index (κ3) is 3.12. The van der Waals surface area contributed by atoms with Crippen LogP contribution in [0.5, 0.6) is 0 Å². The first kappa shape index (κ1) is 15.3. The van der Waals surface area contributed by atoms with E-state index in [0.29, 0.717) is 18.2 Å². The molecule has 1 aliphatic carbocycles. The smallest absolute Gasteiger partial charge is 0.329 e. The van der Waals surface area contributed by atoms with Crippen LogP contribution < -0.4 is 5.73 Å². The fraction of sp³-hybridized carbons (Fsp3) is 0.571. The summed E-state index contributed by atoms with van der Waals surface area (Å²) in [5, 5.41) is 0. The van der Waals surface area contributed by atoms with Gasteiger partial charge in [0.15, 0.2) is 0 Å². The predicted octanol–water partition coefficient (Wildman–Crippen LogP) is 3.33. The minimum absolute atomic E-state index is 0.216. The van der Waals surface area contributed by atoms with Gasteiger partial charge in [-0.2, -0.15) is 13.2 Å². The number of hydrogen-bond acceptors (Lipinski definition) is 2. The minimum Gasteiger partial charge on any atom is -0.329 e. The van der Waals surface area contributed by atoms with E-state index < -0.39 is 17.6 Å². The Morgan fingerprint density at radius 1 is 1.35 bits per heavy atom. The summed E-state index contributed by atoms with van der Waals surface area (Å²) in [5.41, 5.74) is 4.93. The van der Waals surface area contributed by atoms with Crippen LogP contribution in [0.15, 0.2) is 18.2 Å². The molecule has 1 aromatic rings. The average molecular weight is 290 g/mol. The topological polar surface area (TPSA) is 29.3 Å². The number of benzene rings is 1. The van der Waals surface area contributed by atoms with Gasteiger partial charge in [0.2, 0.25) is 0 Å². The Labute approximate surface area is 115 Å². The molecule has 0 heterocycles. The number of likely N-dealkylation sites (N-methyl/N-ethyl adjacent to an activating group) is 1. The second-order valence-electron chi connectivity index (χ2n) is 5.05. The van der Waals surface area contributed by atoms with Crippen molar-refractivity contribution in [3.8, 4) is 0 Å². The van der Waals surface area contributed by atoms with Crippen LogP contribution in [0.3, 0.4) is 0 Å². The van der Waals surface area contributed by atoms with Crippen molar-refractivity contribution < 1.29 is 17.6 Å². The van der Waals surface area contributed by atoms with E-state index in [9.17, 15) is 17.6 Å². The summed E-state index contributed by atoms with van der Waals surface area (Å²) in [7, 11) is 0. The molecule has 0 aromatic heterocycles. The highest BCUT2D eigenvalue weighted by atomic mass is 19.4. The fourth-order valence-corrected chi connectivity index (χ4v) is 2.57. The summed E-state index contributed by atoms with van der Waals surface area (Å²) < 4.78 is 51.6. The normalized spacial score (nSPS) is 17.6. The molecule has 0 amide bonds. The van der Waals surface area contributed by atoms with Crippen LogP contribution in [0, 0.1) is 5.82 Å². The van der Waals surface area contributed by atoms with Gasteiger partial charge < -0.3 is 5.73 Å². The van der Waals surface area contributed by atoms with Gasteiger partial charge in [0.1, 0.15) is 5.82 Å². The summed E-state index contributed by atoms with van der Waals surface area (Å²) in [4.78, 5) is 2.09. The van der Waals surface area contributed by atoms with E-state index in [0.717, 1.165) is 25.0 Å². The van der Waals surface area contributed by atoms with Gasteiger partial charge in [0, 0.05) is 18.6 Å². The van der Waals surface area contributed by atoms with Gasteiger partial charge in [-0.25, -0.2) is 4.39 Å². The molecule has 2 N–H and O–H groups in total. The molecule has 1 atom stereocenters. The number of nitrogens with two attached hydrogens (primary N) is 1. The molecule has 1 saturated carbocycles. The van der Waals surface area contributed by atoms with Crippen molar-refractivity contribution in [1.82, 2.24) is 4.90 Å². The maximum absolute atomic E-state index is 13.3. The molecule has 2 rings (SSSR count). The standard InChI is InChI=1S/C14H18F4N2/c1-2-20(10-4-5-10)13(8-19)9-3-6-12(15)11(7-9)14(16,17)18/h3,6-7,10,13H,2,4-5,8,19H2,1H3. The maximum atomic E-state index is 13.3. The maximum Gasteiger partial charge on any atom is 0.419 e. The highest BCUT2D eigenvalue weighted by Gasteiger charge is 2.37. The van der Waals surface area contributed by atoms with Crippen molar-refractivity contribution in [2.45, 2.75) is 38.0 Å². The largest absolute Gasteiger partial charge is 0.419 e. The van der Waals surface area contributed by atoms with Crippen molar-refractivity contribution >= 4 is 0 Å². The highest BCUT2D eigenvalue weighted by molar-refractivity contribution is 5.30. The minimum atomic E-state index is -4.68. The lowest BCUT2D eigenvalue weighted by Gasteiger charge is -2.30. The van der Waals surface area contributed by atoms with Crippen LogP contribution in [0.1, 0.15) is 36.9 Å². The fourth-order valence-electron chi connectivity index (χ4n) is 2.57. The van der Waals surface area contributed by atoms with Crippen molar-refractivity contribution in [3.63, 3.8) is 0 Å². The van der Waals surface area contributed by atoms with E-state index in [1.54, 1.807) is 0 Å². The molecule has 2 nitrogen and oxygen atoms in total. The van der Waals surface area contributed by atoms with Crippen LogP contribution in [-0.4, -0.2) is 24.0 Å². The molecule has 0 aliphatic heterocycles. The Kier molecular flexibility index (Phi) is 4.34. The van der Waals surface area contributed by atoms with Gasteiger partial charge in [-0.15, -0.1) is 0 Å². The lowest BCUT2D eigenvalue weighted by atomic mass is 10.0. The molecule has 1 fully saturated rings. The lowest BCUT2D eigenvalue weighted by Crippen LogP contribution is -2.35. The molecule has 0 spiro atoms. The Morgan fingerprint density at radius 2 is 2.00 bits per heavy atom. The summed E-state index contributed by atoms with van der Waals surface area (Å²) in [6.45, 7) is 2.88. The van der Waals surface area contributed by atoms with E-state index in [4.69, 9.17) is 5.73 Å². The average Bonchev–Trinajstić information content (AvgIpc) is 3.19. The third-order valence-corrected chi connectivity index (χ3v) is 3.69. The molecule has 1 aliphatic rings. The zero-order chi connectivity index (χ0) is 14.9. The van der Waals surface area contributed by atoms with Gasteiger partial charge in [-0.1, -0.05) is 13.0 Å². The molecule has 1 aromatic carbocycles. The van der Waals surface area contributed by atoms with Crippen LogP contribution in [-0.2, 0) is 6.18 Å². The summed E-state index contributed by atoms with van der Waals surface area (Å²) in [6, 6.07) is 3.24. The van der Waals surface area contributed by atoms with E-state index >= 15 is 0 Å². The first-order chi connectivity index (χ1) is 9.38. The van der Waals surface area contributed by atoms with Crippen molar-refractivity contribution in [2.24, 2.45) is 5.73 Å². The van der Waals surface area contributed by atoms with E-state index in [1.807, 2.05) is 6.92 Å². The number of hydrogen-bond donors (Lipinski definition) is 1. The van der Waals surface area contributed by atoms with Gasteiger partial charge in [0.25, 0.3) is 0 Å². The first-order valence-electron chi connectivity index (χ1n) is 6.71. The van der Waals surface area contributed by atoms with Crippen LogP contribution in [0.4, 0.5) is 17.6 Å². The second-order valence-corrected chi connectivity index (χ2v) is 5.05. The molecule has 0 saturated heterocycles. The summed E-state index contributed by atoms with van der Waals surface area (Å²) in [5.74, 6) is -1.24. The predicted molar refractivity (Wildman–Crippen MR) is 68.6 cm³/mol. The lowest BCUT2D eigenvalue weighted by molar-refractivity contribution is -0.140. The number of halogens is 4. The Morgan fingerprint density at radius 3 is 2.45 bits per heavy atom. The molecular formula is C14H18F4N2. The van der Waals surface area contributed by atoms with E-state index in [1.165, 1.54) is 6.07 Å². The molecule has 0 radical (unpaired) electrons. The van der Waals surface area contributed by atoms with Gasteiger partial charge >= 0.3 is 6.18 Å². The van der Waals surface area contributed by atoms with Crippen molar-refractivity contribution in [3.05, 3.63) is 35.1 Å². The molecule has 20 heavy (non-hydrogen) atoms. The Balaban J connectivity index is 2.34. The van der Waals surface area contributed by atoms with Gasteiger partial charge in [0.05, 0.1) is 5.56 Å². The first-order valence-corrected chi connectivity index (χ1v) is 6.71. The van der Waals surface area contributed by atoms with Crippen LogP contribution in [0.25, 0.3) is 0 Å². The highest BCUT2D eigenvalue weighted by Crippen LogP contribution is 2.37. The number of nitrogens with zero attached hydrogens (tertiary/aromatic N) is 1. The monoisotopic (exact) mass is 290 g/mol. The molecule has 6 heteroatoms. The summed E-state index contributed by atoms with van der Waals surface area (Å²) >= 11 is 0. The Hall–Kier alpha value is -1.14. The Bertz CT molecular complexity index is 469. The van der Waals surface area contributed by atoms with E-state index in [-0.39, 0.29) is 12.6 Å². The zero-order valence-electron chi connectivity index (χ0n) is 11.3.